The number of methoxy groups -OCH3 is 1. The van der Waals surface area contributed by atoms with Gasteiger partial charge in [-0.2, -0.15) is 13.2 Å². The molecule has 0 bridgehead atoms. The Labute approximate surface area is 221 Å². The average molecular weight is 542 g/mol. The van der Waals surface area contributed by atoms with Gasteiger partial charge in [-0.3, -0.25) is 14.6 Å². The van der Waals surface area contributed by atoms with Gasteiger partial charge in [0.1, 0.15) is 22.8 Å². The second-order valence-electron chi connectivity index (χ2n) is 9.57. The second-order valence-corrected chi connectivity index (χ2v) is 9.57. The monoisotopic (exact) mass is 541 g/mol. The molecule has 12 heteroatoms. The maximum atomic E-state index is 13.7. The standard InChI is InChI=1S/C27H26F3N5O4/c1-15(36)8-16-9-20(6-7-31-16)39-19-4-5-23-24(13-19)34(2)26(33-23)32-17-10-22(27(28,29)30)25(37)35(14-17)18-11-21(12-18)38-3/h4-7,9-10,13-14,18,21H,8,11-12H2,1-3H3,(H,32,33). The first-order valence-electron chi connectivity index (χ1n) is 12.2. The molecule has 204 valence electrons. The average Bonchev–Trinajstić information content (AvgIpc) is 3.14. The van der Waals surface area contributed by atoms with Crippen molar-refractivity contribution in [2.75, 3.05) is 12.4 Å². The quantitative estimate of drug-likeness (QED) is 0.329. The van der Waals surface area contributed by atoms with Crippen molar-refractivity contribution in [1.82, 2.24) is 19.1 Å². The molecule has 9 nitrogen and oxygen atoms in total. The number of hydrogen-bond acceptors (Lipinski definition) is 7. The zero-order chi connectivity index (χ0) is 27.9. The number of imidazole rings is 1. The number of alkyl halides is 3. The predicted octanol–water partition coefficient (Wildman–Crippen LogP) is 5.17. The molecule has 1 N–H and O–H groups in total. The van der Waals surface area contributed by atoms with E-state index in [2.05, 4.69) is 15.3 Å². The Balaban J connectivity index is 1.44. The number of aryl methyl sites for hydroxylation is 1. The highest BCUT2D eigenvalue weighted by atomic mass is 19.4. The normalized spacial score (nSPS) is 17.2. The number of carbonyl (C=O) groups is 1. The van der Waals surface area contributed by atoms with Crippen LogP contribution in [0.25, 0.3) is 11.0 Å². The molecule has 0 radical (unpaired) electrons. The Morgan fingerprint density at radius 2 is 1.90 bits per heavy atom. The summed E-state index contributed by atoms with van der Waals surface area (Å²) >= 11 is 0. The van der Waals surface area contributed by atoms with Gasteiger partial charge in [-0.15, -0.1) is 0 Å². The molecule has 0 spiro atoms. The number of anilines is 2. The van der Waals surface area contributed by atoms with E-state index in [1.165, 1.54) is 20.2 Å². The number of pyridine rings is 2. The van der Waals surface area contributed by atoms with Gasteiger partial charge >= 0.3 is 6.18 Å². The predicted molar refractivity (Wildman–Crippen MR) is 137 cm³/mol. The number of halogens is 3. The van der Waals surface area contributed by atoms with E-state index in [0.717, 1.165) is 10.6 Å². The maximum Gasteiger partial charge on any atom is 0.421 e. The topological polar surface area (TPSA) is 100 Å². The minimum Gasteiger partial charge on any atom is -0.457 e. The number of fused-ring (bicyclic) bond motifs is 1. The van der Waals surface area contributed by atoms with Crippen LogP contribution in [0.2, 0.25) is 0 Å². The number of aromatic nitrogens is 4. The Bertz CT molecular complexity index is 1610. The molecule has 1 saturated carbocycles. The Morgan fingerprint density at radius 3 is 2.59 bits per heavy atom. The van der Waals surface area contributed by atoms with Gasteiger partial charge in [-0.25, -0.2) is 4.98 Å². The fraction of sp³-hybridized carbons (Fsp3) is 0.333. The summed E-state index contributed by atoms with van der Waals surface area (Å²) < 4.78 is 55.1. The van der Waals surface area contributed by atoms with E-state index >= 15 is 0 Å². The molecule has 5 rings (SSSR count). The van der Waals surface area contributed by atoms with Gasteiger partial charge in [-0.1, -0.05) is 0 Å². The third-order valence-electron chi connectivity index (χ3n) is 6.71. The molecule has 1 aromatic carbocycles. The number of nitrogens with one attached hydrogen (secondary N) is 1. The van der Waals surface area contributed by atoms with E-state index in [4.69, 9.17) is 9.47 Å². The molecule has 0 atom stereocenters. The lowest BCUT2D eigenvalue weighted by Crippen LogP contribution is -2.39. The lowest BCUT2D eigenvalue weighted by molar-refractivity contribution is -0.139. The van der Waals surface area contributed by atoms with Crippen molar-refractivity contribution < 1.29 is 27.4 Å². The van der Waals surface area contributed by atoms with E-state index in [0.29, 0.717) is 41.1 Å². The first-order chi connectivity index (χ1) is 18.5. The number of ketones is 1. The van der Waals surface area contributed by atoms with Crippen molar-refractivity contribution in [3.63, 3.8) is 0 Å². The van der Waals surface area contributed by atoms with Gasteiger partial charge in [0.2, 0.25) is 5.95 Å². The van der Waals surface area contributed by atoms with Crippen LogP contribution in [0, 0.1) is 0 Å². The highest BCUT2D eigenvalue weighted by Crippen LogP contribution is 2.36. The minimum atomic E-state index is -4.81. The molecular weight excluding hydrogens is 515 g/mol. The highest BCUT2D eigenvalue weighted by molar-refractivity contribution is 5.81. The van der Waals surface area contributed by atoms with E-state index in [1.807, 2.05) is 0 Å². The maximum absolute atomic E-state index is 13.7. The summed E-state index contributed by atoms with van der Waals surface area (Å²) in [5.74, 6) is 1.29. The molecule has 39 heavy (non-hydrogen) atoms. The van der Waals surface area contributed by atoms with Gasteiger partial charge in [0, 0.05) is 51.1 Å². The number of rotatable bonds is 8. The smallest absolute Gasteiger partial charge is 0.421 e. The van der Waals surface area contributed by atoms with Gasteiger partial charge in [0.05, 0.1) is 28.5 Å². The molecule has 1 fully saturated rings. The number of benzene rings is 1. The van der Waals surface area contributed by atoms with Crippen LogP contribution in [0.3, 0.4) is 0 Å². The zero-order valence-corrected chi connectivity index (χ0v) is 21.5. The SMILES string of the molecule is COC1CC(n2cc(Nc3nc4ccc(Oc5ccnc(CC(C)=O)c5)cc4n3C)cc(C(F)(F)F)c2=O)C1. The molecule has 4 aromatic rings. The van der Waals surface area contributed by atoms with Gasteiger partial charge in [0.25, 0.3) is 5.56 Å². The molecule has 0 amide bonds. The van der Waals surface area contributed by atoms with Crippen LogP contribution in [0.4, 0.5) is 24.8 Å². The fourth-order valence-corrected chi connectivity index (χ4v) is 4.58. The molecular formula is C27H26F3N5O4. The molecule has 0 unspecified atom stereocenters. The number of nitrogens with zero attached hydrogens (tertiary/aromatic N) is 4. The number of Topliss-reactive ketones (excluding diaryl/α,β-unsaturated/α-hetero) is 1. The van der Waals surface area contributed by atoms with Crippen LogP contribution < -0.4 is 15.6 Å². The number of hydrogen-bond donors (Lipinski definition) is 1. The summed E-state index contributed by atoms with van der Waals surface area (Å²) in [7, 11) is 3.25. The molecule has 3 heterocycles. The summed E-state index contributed by atoms with van der Waals surface area (Å²) in [6.07, 6.45) is -0.825. The molecule has 3 aromatic heterocycles. The second kappa shape index (κ2) is 10.2. The third kappa shape index (κ3) is 5.51. The largest absolute Gasteiger partial charge is 0.457 e. The summed E-state index contributed by atoms with van der Waals surface area (Å²) in [6, 6.07) is 8.99. The lowest BCUT2D eigenvalue weighted by atomic mass is 9.89. The van der Waals surface area contributed by atoms with Crippen molar-refractivity contribution in [1.29, 1.82) is 0 Å². The molecule has 0 aliphatic heterocycles. The first kappa shape index (κ1) is 26.4. The first-order valence-corrected chi connectivity index (χ1v) is 12.2. The van der Waals surface area contributed by atoms with E-state index in [9.17, 15) is 22.8 Å². The van der Waals surface area contributed by atoms with Crippen LogP contribution in [-0.2, 0) is 29.2 Å². The highest BCUT2D eigenvalue weighted by Gasteiger charge is 2.38. The molecule has 1 aliphatic rings. The summed E-state index contributed by atoms with van der Waals surface area (Å²) in [6.45, 7) is 1.49. The molecule has 0 saturated heterocycles. The number of ether oxygens (including phenoxy) is 2. The van der Waals surface area contributed by atoms with Crippen LogP contribution in [0.5, 0.6) is 11.5 Å². The van der Waals surface area contributed by atoms with Crippen molar-refractivity contribution in [2.45, 2.75) is 44.5 Å². The van der Waals surface area contributed by atoms with Gasteiger partial charge < -0.3 is 23.9 Å². The van der Waals surface area contributed by atoms with Crippen LogP contribution in [-0.4, -0.2) is 38.1 Å². The fourth-order valence-electron chi connectivity index (χ4n) is 4.58. The van der Waals surface area contributed by atoms with E-state index in [-0.39, 0.29) is 36.0 Å². The summed E-state index contributed by atoms with van der Waals surface area (Å²) in [5, 5.41) is 2.94. The van der Waals surface area contributed by atoms with Crippen LogP contribution >= 0.6 is 0 Å². The number of carbonyl (C=O) groups excluding carboxylic acids is 1. The van der Waals surface area contributed by atoms with Gasteiger partial charge in [-0.05, 0) is 44.0 Å². The summed E-state index contributed by atoms with van der Waals surface area (Å²) in [5.41, 5.74) is -0.393. The van der Waals surface area contributed by atoms with Crippen molar-refractivity contribution >= 4 is 28.5 Å². The Hall–Kier alpha value is -4.19. The Morgan fingerprint density at radius 1 is 1.15 bits per heavy atom. The molecule has 1 aliphatic carbocycles. The van der Waals surface area contributed by atoms with Crippen molar-refractivity contribution in [2.24, 2.45) is 7.05 Å². The van der Waals surface area contributed by atoms with Crippen LogP contribution in [0.1, 0.15) is 37.1 Å². The van der Waals surface area contributed by atoms with E-state index < -0.39 is 17.3 Å². The van der Waals surface area contributed by atoms with Crippen LogP contribution in [0.15, 0.2) is 53.6 Å². The lowest BCUT2D eigenvalue weighted by Gasteiger charge is -2.35. The Kier molecular flexibility index (Phi) is 6.89. The minimum absolute atomic E-state index is 0.0133. The third-order valence-corrected chi connectivity index (χ3v) is 6.71. The van der Waals surface area contributed by atoms with E-state index in [1.54, 1.807) is 48.1 Å². The van der Waals surface area contributed by atoms with Crippen molar-refractivity contribution in [3.8, 4) is 11.5 Å². The zero-order valence-electron chi connectivity index (χ0n) is 21.5. The van der Waals surface area contributed by atoms with Crippen molar-refractivity contribution in [3.05, 3.63) is 70.4 Å². The summed E-state index contributed by atoms with van der Waals surface area (Å²) in [4.78, 5) is 32.7. The van der Waals surface area contributed by atoms with Gasteiger partial charge in [0.15, 0.2) is 0 Å².